The van der Waals surface area contributed by atoms with Gasteiger partial charge < -0.3 is 55.1 Å². The maximum absolute atomic E-state index is 14.7. The first-order valence-electron chi connectivity index (χ1n) is 17.0. The number of carbonyl (C=O) groups is 5. The number of fused-ring (bicyclic) bond motifs is 5. The standard InChI is InChI=1S/C37H42N2O14/c1-13(2)38-23(42)11-17-14(3)8-16-9-22(41)37(52-7)34(48)25-19(33(47)36(37,49)26(16)28(17)44)10-18-24(29(25)45)21(40)12-20(27(18)43)39-35-32(51-6)30(46)31(50-5)15(4)53-35/h8,10,12-13,15,22,30-32,35,39,41,44-46,49H,9,11H2,1-7H3,(H,38,42)/t15-,22+,30+,31-,32+,35?,36-,37+/m0/s1. The predicted octanol–water partition coefficient (Wildman–Crippen LogP) is 0.0305. The Labute approximate surface area is 303 Å². The number of ether oxygens (including phenoxy) is 4. The highest BCUT2D eigenvalue weighted by atomic mass is 16.6. The zero-order valence-electron chi connectivity index (χ0n) is 30.1. The number of aryl methyl sites for hydroxylation is 1. The van der Waals surface area contributed by atoms with Crippen LogP contribution >= 0.6 is 0 Å². The summed E-state index contributed by atoms with van der Waals surface area (Å²) >= 11 is 0. The van der Waals surface area contributed by atoms with E-state index in [1.165, 1.54) is 20.3 Å². The maximum atomic E-state index is 14.7. The molecule has 0 aromatic heterocycles. The number of allylic oxidation sites excluding steroid dienone is 2. The van der Waals surface area contributed by atoms with Gasteiger partial charge >= 0.3 is 0 Å². The molecule has 2 aromatic carbocycles. The van der Waals surface area contributed by atoms with E-state index in [-0.39, 0.29) is 29.3 Å². The number of nitrogens with one attached hydrogen (secondary N) is 2. The van der Waals surface area contributed by atoms with Crippen molar-refractivity contribution in [2.45, 2.75) is 94.5 Å². The number of hydrogen-bond donors (Lipinski definition) is 7. The summed E-state index contributed by atoms with van der Waals surface area (Å²) in [7, 11) is 3.63. The van der Waals surface area contributed by atoms with E-state index in [0.29, 0.717) is 5.56 Å². The lowest BCUT2D eigenvalue weighted by Crippen LogP contribution is -2.73. The van der Waals surface area contributed by atoms with Crippen LogP contribution < -0.4 is 10.6 Å². The zero-order valence-corrected chi connectivity index (χ0v) is 30.1. The lowest BCUT2D eigenvalue weighted by Gasteiger charge is -2.53. The normalized spacial score (nSPS) is 30.7. The zero-order chi connectivity index (χ0) is 39.1. The second-order valence-electron chi connectivity index (χ2n) is 14.1. The fourth-order valence-electron chi connectivity index (χ4n) is 8.29. The van der Waals surface area contributed by atoms with E-state index in [0.717, 1.165) is 19.3 Å². The van der Waals surface area contributed by atoms with Crippen molar-refractivity contribution in [3.05, 3.63) is 68.4 Å². The molecule has 3 aliphatic carbocycles. The molecule has 16 heteroatoms. The molecule has 0 radical (unpaired) electrons. The van der Waals surface area contributed by atoms with Crippen LogP contribution in [0.4, 0.5) is 0 Å². The Kier molecular flexibility index (Phi) is 9.64. The monoisotopic (exact) mass is 738 g/mol. The summed E-state index contributed by atoms with van der Waals surface area (Å²) in [5.41, 5.74) is -8.97. The van der Waals surface area contributed by atoms with Crippen LogP contribution in [0.15, 0.2) is 23.9 Å². The third-order valence-corrected chi connectivity index (χ3v) is 10.7. The number of Topliss-reactive ketones (excluding diaryl/α,β-unsaturated/α-hetero) is 3. The molecule has 16 nitrogen and oxygen atoms in total. The van der Waals surface area contributed by atoms with E-state index in [4.69, 9.17) is 18.9 Å². The Morgan fingerprint density at radius 2 is 1.64 bits per heavy atom. The molecule has 0 saturated carbocycles. The average molecular weight is 739 g/mol. The minimum atomic E-state index is -3.16. The molecule has 1 amide bonds. The highest BCUT2D eigenvalue weighted by molar-refractivity contribution is 6.30. The molecule has 7 N–H and O–H groups in total. The Bertz CT molecular complexity index is 1990. The van der Waals surface area contributed by atoms with Crippen LogP contribution in [-0.4, -0.2) is 124 Å². The summed E-state index contributed by atoms with van der Waals surface area (Å²) in [4.78, 5) is 69.7. The molecule has 284 valence electrons. The van der Waals surface area contributed by atoms with Crippen molar-refractivity contribution < 1.29 is 68.5 Å². The van der Waals surface area contributed by atoms with Gasteiger partial charge in [0.1, 0.15) is 29.8 Å². The summed E-state index contributed by atoms with van der Waals surface area (Å²) in [5, 5.41) is 63.7. The SMILES string of the molecule is CO[C@@H]1[C@@H](O)[C@@H](OC)C(NC2=CC(=O)c3c(cc4c(c3O)C(=O)[C@]3(OC)[C@H](O)Cc5cc(C)c(CC(=O)NC(C)C)c(O)c5[C@]3(O)C4=O)C2=O)O[C@H]1C. The topological polar surface area (TPSA) is 247 Å². The Balaban J connectivity index is 1.49. The average Bonchev–Trinajstić information content (AvgIpc) is 3.07. The van der Waals surface area contributed by atoms with Crippen molar-refractivity contribution in [3.8, 4) is 11.5 Å². The summed E-state index contributed by atoms with van der Waals surface area (Å²) in [6.07, 6.45) is -6.79. The largest absolute Gasteiger partial charge is 0.507 e. The Morgan fingerprint density at radius 3 is 2.25 bits per heavy atom. The predicted molar refractivity (Wildman–Crippen MR) is 182 cm³/mol. The molecule has 1 fully saturated rings. The molecular formula is C37H42N2O14. The lowest BCUT2D eigenvalue weighted by molar-refractivity contribution is -0.236. The van der Waals surface area contributed by atoms with Crippen LogP contribution in [0, 0.1) is 6.92 Å². The quantitative estimate of drug-likeness (QED) is 0.189. The van der Waals surface area contributed by atoms with Crippen LogP contribution in [0.5, 0.6) is 11.5 Å². The van der Waals surface area contributed by atoms with Gasteiger partial charge in [0.2, 0.25) is 23.3 Å². The number of carbonyl (C=O) groups excluding carboxylic acids is 5. The molecular weight excluding hydrogens is 696 g/mol. The first kappa shape index (κ1) is 38.2. The smallest absolute Gasteiger partial charge is 0.224 e. The van der Waals surface area contributed by atoms with Crippen molar-refractivity contribution in [2.24, 2.45) is 0 Å². The van der Waals surface area contributed by atoms with Crippen LogP contribution in [-0.2, 0) is 42.2 Å². The number of phenols is 2. The first-order chi connectivity index (χ1) is 24.9. The van der Waals surface area contributed by atoms with Crippen molar-refractivity contribution >= 4 is 29.0 Å². The van der Waals surface area contributed by atoms with Gasteiger partial charge in [0.15, 0.2) is 23.2 Å². The van der Waals surface area contributed by atoms with Crippen LogP contribution in [0.3, 0.4) is 0 Å². The number of methoxy groups -OCH3 is 3. The van der Waals surface area contributed by atoms with Gasteiger partial charge in [-0.15, -0.1) is 0 Å². The highest BCUT2D eigenvalue weighted by Gasteiger charge is 2.72. The molecule has 8 atom stereocenters. The van der Waals surface area contributed by atoms with Gasteiger partial charge in [0, 0.05) is 62.1 Å². The fourth-order valence-corrected chi connectivity index (χ4v) is 8.29. The number of amides is 1. The van der Waals surface area contributed by atoms with Crippen LogP contribution in [0.2, 0.25) is 0 Å². The summed E-state index contributed by atoms with van der Waals surface area (Å²) in [5.74, 6) is -6.74. The Morgan fingerprint density at radius 1 is 0.981 bits per heavy atom. The molecule has 0 bridgehead atoms. The molecule has 0 spiro atoms. The number of phenolic OH excluding ortho intramolecular Hbond substituents is 2. The van der Waals surface area contributed by atoms with Crippen molar-refractivity contribution in [2.75, 3.05) is 21.3 Å². The minimum Gasteiger partial charge on any atom is -0.507 e. The van der Waals surface area contributed by atoms with E-state index in [9.17, 15) is 49.5 Å². The van der Waals surface area contributed by atoms with Gasteiger partial charge in [-0.3, -0.25) is 24.0 Å². The summed E-state index contributed by atoms with van der Waals surface area (Å²) in [6, 6.07) is 2.11. The van der Waals surface area contributed by atoms with Gasteiger partial charge in [-0.25, -0.2) is 0 Å². The molecule has 6 rings (SSSR count). The van der Waals surface area contributed by atoms with Gasteiger partial charge in [-0.05, 0) is 44.9 Å². The van der Waals surface area contributed by atoms with E-state index in [1.807, 2.05) is 0 Å². The van der Waals surface area contributed by atoms with Gasteiger partial charge in [0.05, 0.1) is 35.5 Å². The number of aliphatic hydroxyl groups excluding tert-OH is 2. The fraction of sp³-hybridized carbons (Fsp3) is 0.486. The number of aliphatic hydroxyl groups is 3. The molecule has 2 aromatic rings. The molecule has 1 saturated heterocycles. The number of aromatic hydroxyl groups is 2. The van der Waals surface area contributed by atoms with E-state index < -0.39 is 123 Å². The van der Waals surface area contributed by atoms with Crippen molar-refractivity contribution in [1.82, 2.24) is 10.6 Å². The molecule has 1 aliphatic heterocycles. The van der Waals surface area contributed by atoms with Gasteiger partial charge in [-0.2, -0.15) is 0 Å². The van der Waals surface area contributed by atoms with E-state index in [1.54, 1.807) is 27.7 Å². The maximum Gasteiger partial charge on any atom is 0.224 e. The van der Waals surface area contributed by atoms with Gasteiger partial charge in [-0.1, -0.05) is 6.07 Å². The number of ketones is 4. The summed E-state index contributed by atoms with van der Waals surface area (Å²) < 4.78 is 22.2. The van der Waals surface area contributed by atoms with Crippen LogP contribution in [0.25, 0.3) is 0 Å². The van der Waals surface area contributed by atoms with Crippen molar-refractivity contribution in [1.29, 1.82) is 0 Å². The second-order valence-corrected chi connectivity index (χ2v) is 14.1. The Hall–Kier alpha value is -4.55. The molecule has 53 heavy (non-hydrogen) atoms. The number of rotatable bonds is 8. The molecule has 1 unspecified atom stereocenters. The lowest BCUT2D eigenvalue weighted by atomic mass is 9.56. The van der Waals surface area contributed by atoms with E-state index >= 15 is 0 Å². The van der Waals surface area contributed by atoms with Gasteiger partial charge in [0.25, 0.3) is 0 Å². The molecule has 1 heterocycles. The van der Waals surface area contributed by atoms with E-state index in [2.05, 4.69) is 10.6 Å². The van der Waals surface area contributed by atoms with Crippen molar-refractivity contribution in [3.63, 3.8) is 0 Å². The second kappa shape index (κ2) is 13.4. The summed E-state index contributed by atoms with van der Waals surface area (Å²) in [6.45, 7) is 6.69. The minimum absolute atomic E-state index is 0.0354. The number of benzene rings is 2. The van der Waals surface area contributed by atoms with Crippen LogP contribution in [0.1, 0.15) is 84.5 Å². The number of hydrogen-bond acceptors (Lipinski definition) is 15. The molecule has 4 aliphatic rings. The first-order valence-corrected chi connectivity index (χ1v) is 17.0. The highest BCUT2D eigenvalue weighted by Crippen LogP contribution is 2.56. The third kappa shape index (κ3) is 5.34. The third-order valence-electron chi connectivity index (χ3n) is 10.7.